The van der Waals surface area contributed by atoms with Crippen molar-refractivity contribution in [3.05, 3.63) is 53.1 Å². The Kier molecular flexibility index (Phi) is 6.15. The van der Waals surface area contributed by atoms with E-state index in [0.29, 0.717) is 36.1 Å². The fourth-order valence-electron chi connectivity index (χ4n) is 3.43. The molecule has 0 spiro atoms. The van der Waals surface area contributed by atoms with E-state index in [4.69, 9.17) is 11.6 Å². The Morgan fingerprint density at radius 2 is 1.83 bits per heavy atom. The average molecular weight is 457 g/mol. The molecule has 1 aliphatic heterocycles. The van der Waals surface area contributed by atoms with Gasteiger partial charge in [-0.1, -0.05) is 23.7 Å². The molecule has 1 saturated carbocycles. The number of anilines is 3. The van der Waals surface area contributed by atoms with Crippen LogP contribution in [0.15, 0.2) is 36.4 Å². The third-order valence-electron chi connectivity index (χ3n) is 5.35. The van der Waals surface area contributed by atoms with Crippen LogP contribution in [0, 0.1) is 17.6 Å². The first-order valence-electron chi connectivity index (χ1n) is 9.84. The molecule has 0 bridgehead atoms. The Labute approximate surface area is 179 Å². The van der Waals surface area contributed by atoms with Gasteiger partial charge in [0.25, 0.3) is 0 Å². The molecule has 0 aromatic heterocycles. The van der Waals surface area contributed by atoms with E-state index in [-0.39, 0.29) is 17.4 Å². The van der Waals surface area contributed by atoms with Gasteiger partial charge in [0, 0.05) is 19.1 Å². The molecule has 4 rings (SSSR count). The van der Waals surface area contributed by atoms with Gasteiger partial charge in [-0.15, -0.1) is 0 Å². The van der Waals surface area contributed by atoms with E-state index in [2.05, 4.69) is 15.4 Å². The fraction of sp³-hybridized carbons (Fsp3) is 0.400. The zero-order valence-corrected chi connectivity index (χ0v) is 17.7. The van der Waals surface area contributed by atoms with Gasteiger partial charge in [-0.3, -0.25) is 4.72 Å². The number of nitrogens with zero attached hydrogens (tertiary/aromatic N) is 1. The predicted octanol–water partition coefficient (Wildman–Crippen LogP) is 4.09. The minimum atomic E-state index is -3.94. The summed E-state index contributed by atoms with van der Waals surface area (Å²) in [6.07, 6.45) is 3.15. The lowest BCUT2D eigenvalue weighted by Crippen LogP contribution is -2.38. The largest absolute Gasteiger partial charge is 0.350 e. The molecule has 1 atom stereocenters. The Morgan fingerprint density at radius 3 is 2.57 bits per heavy atom. The number of nitrogens with one attached hydrogen (secondary N) is 3. The van der Waals surface area contributed by atoms with E-state index >= 15 is 0 Å². The number of benzene rings is 2. The number of hydrogen-bond donors (Lipinski definition) is 3. The van der Waals surface area contributed by atoms with Gasteiger partial charge in [0.05, 0.1) is 16.4 Å². The molecule has 30 heavy (non-hydrogen) atoms. The summed E-state index contributed by atoms with van der Waals surface area (Å²) in [5.74, 6) is -1.59. The molecular formula is C20H23ClF2N4O2S. The number of para-hydroxylation sites is 1. The summed E-state index contributed by atoms with van der Waals surface area (Å²) in [5.41, 5.74) is -0.0906. The van der Waals surface area contributed by atoms with Crippen LogP contribution in [0.3, 0.4) is 0 Å². The number of halogens is 3. The molecule has 162 valence electrons. The van der Waals surface area contributed by atoms with E-state index in [9.17, 15) is 17.2 Å². The highest BCUT2D eigenvalue weighted by atomic mass is 35.5. The van der Waals surface area contributed by atoms with Crippen LogP contribution >= 0.6 is 11.6 Å². The highest BCUT2D eigenvalue weighted by Crippen LogP contribution is 2.34. The van der Waals surface area contributed by atoms with Crippen molar-refractivity contribution in [2.24, 2.45) is 5.92 Å². The summed E-state index contributed by atoms with van der Waals surface area (Å²) in [7, 11) is -3.94. The third-order valence-corrected chi connectivity index (χ3v) is 7.17. The highest BCUT2D eigenvalue weighted by molar-refractivity contribution is 7.90. The van der Waals surface area contributed by atoms with E-state index in [1.54, 1.807) is 24.3 Å². The van der Waals surface area contributed by atoms with Crippen LogP contribution in [-0.2, 0) is 10.2 Å². The van der Waals surface area contributed by atoms with E-state index < -0.39 is 21.8 Å². The zero-order valence-electron chi connectivity index (χ0n) is 16.2. The molecular weight excluding hydrogens is 434 g/mol. The number of hydrogen-bond acceptors (Lipinski definition) is 4. The summed E-state index contributed by atoms with van der Waals surface area (Å²) < 4.78 is 57.9. The quantitative estimate of drug-likeness (QED) is 0.559. The predicted molar refractivity (Wildman–Crippen MR) is 114 cm³/mol. The lowest BCUT2D eigenvalue weighted by atomic mass is 10.2. The smallest absolute Gasteiger partial charge is 0.301 e. The van der Waals surface area contributed by atoms with Crippen molar-refractivity contribution in [2.45, 2.75) is 25.3 Å². The van der Waals surface area contributed by atoms with Crippen LogP contribution in [0.4, 0.5) is 25.8 Å². The molecule has 1 unspecified atom stereocenters. The fourth-order valence-corrected chi connectivity index (χ4v) is 4.91. The Hall–Kier alpha value is -1.94. The SMILES string of the molecule is O=S(=O)(Nc1ccc(F)c(F)c1Nc1ccccc1Cl)N1CCC(NCC2CC2)C1. The van der Waals surface area contributed by atoms with Gasteiger partial charge in [-0.2, -0.15) is 12.7 Å². The molecule has 6 nitrogen and oxygen atoms in total. The molecule has 0 radical (unpaired) electrons. The summed E-state index contributed by atoms with van der Waals surface area (Å²) >= 11 is 6.10. The van der Waals surface area contributed by atoms with Crippen molar-refractivity contribution in [2.75, 3.05) is 29.7 Å². The first-order chi connectivity index (χ1) is 14.3. The van der Waals surface area contributed by atoms with Crippen molar-refractivity contribution in [1.29, 1.82) is 0 Å². The van der Waals surface area contributed by atoms with Crippen LogP contribution in [0.2, 0.25) is 5.02 Å². The summed E-state index contributed by atoms with van der Waals surface area (Å²) in [6.45, 7) is 1.59. The molecule has 1 heterocycles. The molecule has 1 saturated heterocycles. The molecule has 2 aliphatic rings. The topological polar surface area (TPSA) is 73.5 Å². The third kappa shape index (κ3) is 4.85. The van der Waals surface area contributed by atoms with Crippen molar-refractivity contribution in [3.63, 3.8) is 0 Å². The second-order valence-electron chi connectivity index (χ2n) is 7.69. The monoisotopic (exact) mass is 456 g/mol. The maximum Gasteiger partial charge on any atom is 0.301 e. The first-order valence-corrected chi connectivity index (χ1v) is 11.7. The average Bonchev–Trinajstić information content (AvgIpc) is 3.42. The van der Waals surface area contributed by atoms with E-state index in [0.717, 1.165) is 12.6 Å². The molecule has 2 fully saturated rings. The van der Waals surface area contributed by atoms with Gasteiger partial charge in [0.15, 0.2) is 11.6 Å². The Bertz CT molecular complexity index is 1030. The molecule has 10 heteroatoms. The molecule has 0 amide bonds. The normalized spacial score (nSPS) is 19.8. The van der Waals surface area contributed by atoms with Gasteiger partial charge in [-0.25, -0.2) is 8.78 Å². The number of rotatable bonds is 8. The summed E-state index contributed by atoms with van der Waals surface area (Å²) in [6, 6.07) is 8.70. The highest BCUT2D eigenvalue weighted by Gasteiger charge is 2.33. The Balaban J connectivity index is 1.52. The van der Waals surface area contributed by atoms with Crippen molar-refractivity contribution in [1.82, 2.24) is 9.62 Å². The first kappa shape index (κ1) is 21.3. The molecule has 2 aromatic carbocycles. The van der Waals surface area contributed by atoms with Gasteiger partial charge in [0.2, 0.25) is 0 Å². The summed E-state index contributed by atoms with van der Waals surface area (Å²) in [5, 5.41) is 6.40. The van der Waals surface area contributed by atoms with Crippen LogP contribution in [0.1, 0.15) is 19.3 Å². The van der Waals surface area contributed by atoms with Crippen molar-refractivity contribution >= 4 is 38.9 Å². The van der Waals surface area contributed by atoms with Crippen LogP contribution in [0.25, 0.3) is 0 Å². The van der Waals surface area contributed by atoms with E-state index in [1.165, 1.54) is 23.2 Å². The van der Waals surface area contributed by atoms with E-state index in [1.807, 2.05) is 0 Å². The van der Waals surface area contributed by atoms with Gasteiger partial charge in [-0.05, 0) is 56.0 Å². The lowest BCUT2D eigenvalue weighted by molar-refractivity contribution is 0.457. The van der Waals surface area contributed by atoms with Crippen LogP contribution in [0.5, 0.6) is 0 Å². The van der Waals surface area contributed by atoms with Gasteiger partial charge >= 0.3 is 10.2 Å². The molecule has 2 aromatic rings. The molecule has 3 N–H and O–H groups in total. The Morgan fingerprint density at radius 1 is 1.07 bits per heavy atom. The van der Waals surface area contributed by atoms with Gasteiger partial charge < -0.3 is 10.6 Å². The van der Waals surface area contributed by atoms with Gasteiger partial charge in [0.1, 0.15) is 5.69 Å². The standard InChI is InChI=1S/C20H23ClF2N4O2S/c21-15-3-1-2-4-17(15)25-20-18(8-7-16(22)19(20)23)26-30(28,29)27-10-9-14(12-27)24-11-13-5-6-13/h1-4,7-8,13-14,24-26H,5-6,9-12H2. The maximum atomic E-state index is 14.5. The zero-order chi connectivity index (χ0) is 21.3. The van der Waals surface area contributed by atoms with Crippen LogP contribution in [-0.4, -0.2) is 38.4 Å². The second kappa shape index (κ2) is 8.66. The second-order valence-corrected chi connectivity index (χ2v) is 9.77. The molecule has 1 aliphatic carbocycles. The van der Waals surface area contributed by atoms with Crippen molar-refractivity contribution < 1.29 is 17.2 Å². The minimum absolute atomic E-state index is 0.0906. The lowest BCUT2D eigenvalue weighted by Gasteiger charge is -2.21. The van der Waals surface area contributed by atoms with Crippen molar-refractivity contribution in [3.8, 4) is 0 Å². The minimum Gasteiger partial charge on any atom is -0.350 e. The maximum absolute atomic E-state index is 14.5. The van der Waals surface area contributed by atoms with Crippen LogP contribution < -0.4 is 15.4 Å². The summed E-state index contributed by atoms with van der Waals surface area (Å²) in [4.78, 5) is 0.